The fraction of sp³-hybridized carbons (Fsp3) is 0.706. The summed E-state index contributed by atoms with van der Waals surface area (Å²) >= 11 is 0. The summed E-state index contributed by atoms with van der Waals surface area (Å²) in [5.41, 5.74) is 1.10. The van der Waals surface area contributed by atoms with Crippen molar-refractivity contribution in [1.29, 1.82) is 0 Å². The summed E-state index contributed by atoms with van der Waals surface area (Å²) in [6, 6.07) is 9.05. The minimum atomic E-state index is -0.618. The number of esters is 1. The number of hydrogen-bond donors (Lipinski definition) is 2. The van der Waals surface area contributed by atoms with E-state index in [1.807, 2.05) is 44.2 Å². The first-order valence-corrected chi connectivity index (χ1v) is 15.8. The second kappa shape index (κ2) is 23.7. The quantitative estimate of drug-likeness (QED) is 0.0791. The van der Waals surface area contributed by atoms with Crippen LogP contribution >= 0.6 is 0 Å². The number of carbonyl (C=O) groups is 2. The van der Waals surface area contributed by atoms with E-state index in [0.29, 0.717) is 12.8 Å². The third-order valence-corrected chi connectivity index (χ3v) is 7.19. The van der Waals surface area contributed by atoms with Gasteiger partial charge in [-0.05, 0) is 63.0 Å². The van der Waals surface area contributed by atoms with Crippen molar-refractivity contribution in [2.75, 3.05) is 13.7 Å². The Morgan fingerprint density at radius 1 is 0.795 bits per heavy atom. The normalized spacial score (nSPS) is 13.1. The van der Waals surface area contributed by atoms with Gasteiger partial charge in [0.05, 0.1) is 13.2 Å². The Bertz CT molecular complexity index is 763. The van der Waals surface area contributed by atoms with Gasteiger partial charge in [0.1, 0.15) is 6.04 Å². The number of methoxy groups -OCH3 is 1. The molecule has 1 rings (SSSR count). The first kappa shape index (κ1) is 34.9. The van der Waals surface area contributed by atoms with Gasteiger partial charge in [-0.15, -0.1) is 0 Å². The Kier molecular flexibility index (Phi) is 21.2. The van der Waals surface area contributed by atoms with Crippen LogP contribution in [0.1, 0.15) is 123 Å². The zero-order chi connectivity index (χ0) is 28.6. The number of rotatable bonds is 24. The molecule has 0 aromatic heterocycles. The van der Waals surface area contributed by atoms with Crippen molar-refractivity contribution in [2.24, 2.45) is 5.92 Å². The third-order valence-electron chi connectivity index (χ3n) is 7.19. The molecule has 0 aliphatic carbocycles. The van der Waals surface area contributed by atoms with Gasteiger partial charge in [0.25, 0.3) is 0 Å². The molecule has 0 saturated carbocycles. The molecule has 5 heteroatoms. The second-order valence-corrected chi connectivity index (χ2v) is 11.3. The van der Waals surface area contributed by atoms with Crippen LogP contribution in [0.25, 0.3) is 0 Å². The number of nitrogens with one attached hydrogen (secondary N) is 2. The van der Waals surface area contributed by atoms with Gasteiger partial charge in [0, 0.05) is 0 Å². The Balaban J connectivity index is 2.29. The Morgan fingerprint density at radius 3 is 1.92 bits per heavy atom. The third kappa shape index (κ3) is 18.7. The zero-order valence-corrected chi connectivity index (χ0v) is 25.5. The van der Waals surface area contributed by atoms with Crippen LogP contribution in [0.15, 0.2) is 42.5 Å². The smallest absolute Gasteiger partial charge is 0.328 e. The zero-order valence-electron chi connectivity index (χ0n) is 25.5. The maximum atomic E-state index is 13.2. The standard InChI is InChI=1S/C34H58N2O3/c1-5-6-7-8-9-10-11-12-13-14-15-16-17-18-19-23-26-35-31(28-30-24-21-20-22-25-30)33(37)36-32(27-29(2)3)34(38)39-4/h12-13,20-22,24-25,29,31-32,35H,5-11,14-19,23,26-28H2,1-4H3,(H,36,37)/b13-12-/t31-,32-/m0/s1. The van der Waals surface area contributed by atoms with Crippen LogP contribution in [0.4, 0.5) is 0 Å². The second-order valence-electron chi connectivity index (χ2n) is 11.3. The molecule has 0 heterocycles. The molecule has 2 N–H and O–H groups in total. The topological polar surface area (TPSA) is 67.4 Å². The number of carbonyl (C=O) groups excluding carboxylic acids is 2. The van der Waals surface area contributed by atoms with E-state index in [0.717, 1.165) is 18.5 Å². The summed E-state index contributed by atoms with van der Waals surface area (Å²) in [5.74, 6) is -0.251. The van der Waals surface area contributed by atoms with E-state index < -0.39 is 6.04 Å². The summed E-state index contributed by atoms with van der Waals surface area (Å²) in [6.07, 6.45) is 23.9. The Hall–Kier alpha value is -2.14. The van der Waals surface area contributed by atoms with Gasteiger partial charge >= 0.3 is 5.97 Å². The number of benzene rings is 1. The molecule has 0 radical (unpaired) electrons. The Morgan fingerprint density at radius 2 is 1.36 bits per heavy atom. The molecule has 0 saturated heterocycles. The molecule has 1 aromatic carbocycles. The van der Waals surface area contributed by atoms with Gasteiger partial charge in [-0.25, -0.2) is 4.79 Å². The van der Waals surface area contributed by atoms with Crippen LogP contribution < -0.4 is 10.6 Å². The van der Waals surface area contributed by atoms with Crippen molar-refractivity contribution < 1.29 is 14.3 Å². The minimum absolute atomic E-state index is 0.139. The molecule has 0 bridgehead atoms. The van der Waals surface area contributed by atoms with Crippen LogP contribution in [0.3, 0.4) is 0 Å². The molecule has 39 heavy (non-hydrogen) atoms. The van der Waals surface area contributed by atoms with E-state index in [-0.39, 0.29) is 23.8 Å². The highest BCUT2D eigenvalue weighted by molar-refractivity contribution is 5.87. The molecule has 0 aliphatic heterocycles. The summed E-state index contributed by atoms with van der Waals surface area (Å²) in [7, 11) is 1.37. The lowest BCUT2D eigenvalue weighted by molar-refractivity contribution is -0.145. The van der Waals surface area contributed by atoms with E-state index in [1.54, 1.807) is 0 Å². The van der Waals surface area contributed by atoms with E-state index in [1.165, 1.54) is 90.6 Å². The minimum Gasteiger partial charge on any atom is -0.467 e. The molecule has 2 atom stereocenters. The lowest BCUT2D eigenvalue weighted by atomic mass is 10.0. The SMILES string of the molecule is CCCCCCCC/C=C\CCCCCCCCN[C@@H](Cc1ccccc1)C(=O)N[C@@H](CC(C)C)C(=O)OC. The molecular weight excluding hydrogens is 484 g/mol. The molecular formula is C34H58N2O3. The van der Waals surface area contributed by atoms with Crippen LogP contribution in [-0.4, -0.2) is 37.6 Å². The van der Waals surface area contributed by atoms with E-state index >= 15 is 0 Å². The molecule has 0 aliphatic rings. The van der Waals surface area contributed by atoms with E-state index in [2.05, 4.69) is 29.7 Å². The summed E-state index contributed by atoms with van der Waals surface area (Å²) in [4.78, 5) is 25.4. The van der Waals surface area contributed by atoms with Crippen molar-refractivity contribution >= 4 is 11.9 Å². The molecule has 222 valence electrons. The number of allylic oxidation sites excluding steroid dienone is 2. The number of hydrogen-bond acceptors (Lipinski definition) is 4. The average molecular weight is 543 g/mol. The van der Waals surface area contributed by atoms with E-state index in [9.17, 15) is 9.59 Å². The number of ether oxygens (including phenoxy) is 1. The molecule has 1 amide bonds. The lowest BCUT2D eigenvalue weighted by Gasteiger charge is -2.23. The summed E-state index contributed by atoms with van der Waals surface area (Å²) in [5, 5.41) is 6.40. The molecule has 0 spiro atoms. The van der Waals surface area contributed by atoms with Crippen molar-refractivity contribution in [1.82, 2.24) is 10.6 Å². The van der Waals surface area contributed by atoms with Crippen LogP contribution in [0.5, 0.6) is 0 Å². The summed E-state index contributed by atoms with van der Waals surface area (Å²) in [6.45, 7) is 7.13. The van der Waals surface area contributed by atoms with Gasteiger partial charge < -0.3 is 15.4 Å². The maximum absolute atomic E-state index is 13.2. The van der Waals surface area contributed by atoms with Gasteiger partial charge in [0.2, 0.25) is 5.91 Å². The number of unbranched alkanes of at least 4 members (excludes halogenated alkanes) is 12. The monoisotopic (exact) mass is 542 g/mol. The largest absolute Gasteiger partial charge is 0.467 e. The highest BCUT2D eigenvalue weighted by Crippen LogP contribution is 2.11. The highest BCUT2D eigenvalue weighted by atomic mass is 16.5. The van der Waals surface area contributed by atoms with Crippen molar-refractivity contribution in [3.8, 4) is 0 Å². The molecule has 0 unspecified atom stereocenters. The summed E-state index contributed by atoms with van der Waals surface area (Å²) < 4.78 is 4.93. The average Bonchev–Trinajstić information content (AvgIpc) is 2.93. The Labute approximate surface area is 239 Å². The first-order chi connectivity index (χ1) is 19.0. The number of amides is 1. The molecule has 5 nitrogen and oxygen atoms in total. The van der Waals surface area contributed by atoms with Crippen LogP contribution in [-0.2, 0) is 20.7 Å². The molecule has 0 fully saturated rings. The predicted octanol–water partition coefficient (Wildman–Crippen LogP) is 7.93. The van der Waals surface area contributed by atoms with Crippen LogP contribution in [0.2, 0.25) is 0 Å². The van der Waals surface area contributed by atoms with Gasteiger partial charge in [-0.2, -0.15) is 0 Å². The lowest BCUT2D eigenvalue weighted by Crippen LogP contribution is -2.51. The molecule has 1 aromatic rings. The predicted molar refractivity (Wildman–Crippen MR) is 165 cm³/mol. The maximum Gasteiger partial charge on any atom is 0.328 e. The van der Waals surface area contributed by atoms with Gasteiger partial charge in [0.15, 0.2) is 0 Å². The van der Waals surface area contributed by atoms with E-state index in [4.69, 9.17) is 4.74 Å². The van der Waals surface area contributed by atoms with Crippen molar-refractivity contribution in [2.45, 2.75) is 136 Å². The first-order valence-electron chi connectivity index (χ1n) is 15.8. The van der Waals surface area contributed by atoms with Gasteiger partial charge in [-0.3, -0.25) is 4.79 Å². The fourth-order valence-corrected chi connectivity index (χ4v) is 4.86. The highest BCUT2D eigenvalue weighted by Gasteiger charge is 2.26. The van der Waals surface area contributed by atoms with Crippen LogP contribution in [0, 0.1) is 5.92 Å². The van der Waals surface area contributed by atoms with Crippen molar-refractivity contribution in [3.63, 3.8) is 0 Å². The van der Waals surface area contributed by atoms with Gasteiger partial charge in [-0.1, -0.05) is 121 Å². The van der Waals surface area contributed by atoms with Crippen molar-refractivity contribution in [3.05, 3.63) is 48.0 Å². The fourth-order valence-electron chi connectivity index (χ4n) is 4.86.